The van der Waals surface area contributed by atoms with Gasteiger partial charge in [-0.3, -0.25) is 4.79 Å². The molecule has 7 heteroatoms. The van der Waals surface area contributed by atoms with Crippen molar-refractivity contribution in [1.29, 1.82) is 0 Å². The van der Waals surface area contributed by atoms with Gasteiger partial charge >= 0.3 is 0 Å². The highest BCUT2D eigenvalue weighted by molar-refractivity contribution is 7.11. The van der Waals surface area contributed by atoms with Crippen molar-refractivity contribution in [2.24, 2.45) is 12.8 Å². The Morgan fingerprint density at radius 2 is 2.04 bits per heavy atom. The van der Waals surface area contributed by atoms with Crippen LogP contribution in [0.4, 0.5) is 5.00 Å². The minimum Gasteiger partial charge on any atom is -0.364 e. The van der Waals surface area contributed by atoms with Crippen LogP contribution in [0.5, 0.6) is 0 Å². The van der Waals surface area contributed by atoms with E-state index in [0.29, 0.717) is 11.6 Å². The Morgan fingerprint density at radius 3 is 2.75 bits per heavy atom. The summed E-state index contributed by atoms with van der Waals surface area (Å²) >= 11 is 1.57. The smallest absolute Gasteiger partial charge is 0.268 e. The Bertz CT molecular complexity index is 891. The molecule has 0 bridgehead atoms. The predicted octanol–water partition coefficient (Wildman–Crippen LogP) is 2.51. The summed E-state index contributed by atoms with van der Waals surface area (Å²) in [6.45, 7) is 1.94. The molecule has 24 heavy (non-hydrogen) atoms. The second kappa shape index (κ2) is 5.90. The summed E-state index contributed by atoms with van der Waals surface area (Å²) in [6, 6.07) is 8.28. The van der Waals surface area contributed by atoms with Gasteiger partial charge in [0.05, 0.1) is 5.52 Å². The van der Waals surface area contributed by atoms with Gasteiger partial charge in [-0.05, 0) is 36.5 Å². The van der Waals surface area contributed by atoms with Crippen molar-refractivity contribution in [2.45, 2.75) is 18.8 Å². The summed E-state index contributed by atoms with van der Waals surface area (Å²) in [6.07, 6.45) is 3.74. The van der Waals surface area contributed by atoms with Gasteiger partial charge in [-0.2, -0.15) is 4.37 Å². The molecule has 124 valence electrons. The van der Waals surface area contributed by atoms with Crippen molar-refractivity contribution in [3.05, 3.63) is 42.0 Å². The van der Waals surface area contributed by atoms with Gasteiger partial charge in [-0.1, -0.05) is 12.1 Å². The number of benzene rings is 1. The molecule has 2 N–H and O–H groups in total. The summed E-state index contributed by atoms with van der Waals surface area (Å²) in [5, 5.41) is 2.48. The van der Waals surface area contributed by atoms with Crippen molar-refractivity contribution in [1.82, 2.24) is 13.9 Å². The number of primary amides is 1. The Morgan fingerprint density at radius 1 is 1.29 bits per heavy atom. The topological polar surface area (TPSA) is 77.0 Å². The van der Waals surface area contributed by atoms with Crippen LogP contribution in [0.1, 0.15) is 35.1 Å². The van der Waals surface area contributed by atoms with E-state index in [1.165, 1.54) is 10.4 Å². The molecular formula is C17H19N5OS. The quantitative estimate of drug-likeness (QED) is 0.794. The molecule has 3 heterocycles. The van der Waals surface area contributed by atoms with Crippen LogP contribution >= 0.6 is 11.5 Å². The largest absolute Gasteiger partial charge is 0.364 e. The van der Waals surface area contributed by atoms with Crippen molar-refractivity contribution in [3.63, 3.8) is 0 Å². The van der Waals surface area contributed by atoms with Crippen LogP contribution in [0, 0.1) is 0 Å². The Kier molecular flexibility index (Phi) is 3.72. The van der Waals surface area contributed by atoms with Crippen molar-refractivity contribution in [3.8, 4) is 0 Å². The van der Waals surface area contributed by atoms with E-state index < -0.39 is 5.91 Å². The van der Waals surface area contributed by atoms with Crippen LogP contribution < -0.4 is 10.6 Å². The van der Waals surface area contributed by atoms with Gasteiger partial charge in [0.1, 0.15) is 16.5 Å². The summed E-state index contributed by atoms with van der Waals surface area (Å²) in [7, 11) is 1.93. The second-order valence-corrected chi connectivity index (χ2v) is 6.98. The molecule has 0 aliphatic carbocycles. The molecule has 6 nitrogen and oxygen atoms in total. The number of carbonyl (C=O) groups is 1. The minimum absolute atomic E-state index is 0.350. The molecule has 1 fully saturated rings. The molecule has 1 aliphatic rings. The van der Waals surface area contributed by atoms with E-state index in [2.05, 4.69) is 32.5 Å². The maximum absolute atomic E-state index is 11.3. The van der Waals surface area contributed by atoms with E-state index in [1.807, 2.05) is 17.7 Å². The summed E-state index contributed by atoms with van der Waals surface area (Å²) in [4.78, 5) is 18.2. The molecule has 0 saturated carbocycles. The van der Waals surface area contributed by atoms with E-state index in [-0.39, 0.29) is 0 Å². The van der Waals surface area contributed by atoms with E-state index in [9.17, 15) is 4.79 Å². The maximum Gasteiger partial charge on any atom is 0.268 e. The molecule has 4 rings (SSSR count). The lowest BCUT2D eigenvalue weighted by atomic mass is 9.96. The van der Waals surface area contributed by atoms with Gasteiger partial charge in [0.2, 0.25) is 0 Å². The molecule has 1 aromatic carbocycles. The van der Waals surface area contributed by atoms with Gasteiger partial charge in [0.15, 0.2) is 0 Å². The molecule has 1 saturated heterocycles. The molecular weight excluding hydrogens is 322 g/mol. The lowest BCUT2D eigenvalue weighted by Gasteiger charge is -2.32. The predicted molar refractivity (Wildman–Crippen MR) is 95.5 cm³/mol. The van der Waals surface area contributed by atoms with Gasteiger partial charge < -0.3 is 15.2 Å². The van der Waals surface area contributed by atoms with Crippen molar-refractivity contribution < 1.29 is 4.79 Å². The highest BCUT2D eigenvalue weighted by atomic mass is 32.1. The molecule has 0 atom stereocenters. The summed E-state index contributed by atoms with van der Waals surface area (Å²) in [5.41, 5.74) is 6.75. The standard InChI is InChI=1S/C17H19N5OS/c1-21-10-14(15(18)23)19-16(21)11-6-8-22(9-7-11)17-12-4-2-3-5-13(12)20-24-17/h2-5,10-11H,6-9H2,1H3,(H2,18,23). The Labute approximate surface area is 144 Å². The molecule has 1 aliphatic heterocycles. The number of imidazole rings is 1. The lowest BCUT2D eigenvalue weighted by Crippen LogP contribution is -2.33. The SMILES string of the molecule is Cn1cc(C(N)=O)nc1C1CCN(c2snc3ccccc23)CC1. The van der Waals surface area contributed by atoms with Crippen molar-refractivity contribution in [2.75, 3.05) is 18.0 Å². The van der Waals surface area contributed by atoms with Gasteiger partial charge in [0.25, 0.3) is 5.91 Å². The fourth-order valence-corrected chi connectivity index (χ4v) is 4.34. The van der Waals surface area contributed by atoms with E-state index in [0.717, 1.165) is 37.3 Å². The first-order valence-electron chi connectivity index (χ1n) is 8.06. The third kappa shape index (κ3) is 2.54. The van der Waals surface area contributed by atoms with E-state index in [4.69, 9.17) is 5.73 Å². The molecule has 0 unspecified atom stereocenters. The number of anilines is 1. The first-order valence-corrected chi connectivity index (χ1v) is 8.83. The highest BCUT2D eigenvalue weighted by Gasteiger charge is 2.26. The molecule has 0 spiro atoms. The lowest BCUT2D eigenvalue weighted by molar-refractivity contribution is 0.0996. The Hall–Kier alpha value is -2.41. The van der Waals surface area contributed by atoms with Crippen LogP contribution in [-0.2, 0) is 7.05 Å². The number of hydrogen-bond acceptors (Lipinski definition) is 5. The third-order valence-electron chi connectivity index (χ3n) is 4.68. The normalized spacial score (nSPS) is 16.0. The monoisotopic (exact) mass is 341 g/mol. The first kappa shape index (κ1) is 15.1. The fraction of sp³-hybridized carbons (Fsp3) is 0.353. The number of piperidine rings is 1. The first-order chi connectivity index (χ1) is 11.6. The average Bonchev–Trinajstić information content (AvgIpc) is 3.19. The number of aromatic nitrogens is 3. The molecule has 0 radical (unpaired) electrons. The zero-order chi connectivity index (χ0) is 16.7. The number of nitrogens with two attached hydrogens (primary N) is 1. The number of nitrogens with zero attached hydrogens (tertiary/aromatic N) is 4. The van der Waals surface area contributed by atoms with Gasteiger partial charge in [0, 0.05) is 37.6 Å². The van der Waals surface area contributed by atoms with Crippen LogP contribution in [0.25, 0.3) is 10.9 Å². The van der Waals surface area contributed by atoms with Gasteiger partial charge in [-0.15, -0.1) is 0 Å². The second-order valence-electron chi connectivity index (χ2n) is 6.23. The maximum atomic E-state index is 11.3. The highest BCUT2D eigenvalue weighted by Crippen LogP contribution is 2.35. The molecule has 1 amide bonds. The van der Waals surface area contributed by atoms with Crippen LogP contribution in [0.3, 0.4) is 0 Å². The Balaban J connectivity index is 1.52. The zero-order valence-electron chi connectivity index (χ0n) is 13.5. The van der Waals surface area contributed by atoms with Crippen LogP contribution in [-0.4, -0.2) is 32.9 Å². The van der Waals surface area contributed by atoms with E-state index >= 15 is 0 Å². The number of carbonyl (C=O) groups excluding carboxylic acids is 1. The molecule has 2 aromatic heterocycles. The zero-order valence-corrected chi connectivity index (χ0v) is 14.3. The number of aryl methyl sites for hydroxylation is 1. The number of hydrogen-bond donors (Lipinski definition) is 1. The van der Waals surface area contributed by atoms with Crippen LogP contribution in [0.2, 0.25) is 0 Å². The third-order valence-corrected chi connectivity index (χ3v) is 5.62. The van der Waals surface area contributed by atoms with E-state index in [1.54, 1.807) is 17.7 Å². The summed E-state index contributed by atoms with van der Waals surface area (Å²) < 4.78 is 6.47. The average molecular weight is 341 g/mol. The molecule has 3 aromatic rings. The van der Waals surface area contributed by atoms with Crippen LogP contribution in [0.15, 0.2) is 30.5 Å². The number of rotatable bonds is 3. The van der Waals surface area contributed by atoms with Crippen molar-refractivity contribution >= 4 is 33.3 Å². The minimum atomic E-state index is -0.467. The fourth-order valence-electron chi connectivity index (χ4n) is 3.42. The number of amides is 1. The summed E-state index contributed by atoms with van der Waals surface area (Å²) in [5.74, 6) is 0.849. The van der Waals surface area contributed by atoms with Gasteiger partial charge in [-0.25, -0.2) is 4.98 Å². The number of fused-ring (bicyclic) bond motifs is 1.